The van der Waals surface area contributed by atoms with Gasteiger partial charge in [0.1, 0.15) is 5.75 Å². The van der Waals surface area contributed by atoms with Crippen molar-refractivity contribution in [2.45, 2.75) is 13.3 Å². The van der Waals surface area contributed by atoms with Crippen molar-refractivity contribution in [2.24, 2.45) is 0 Å². The van der Waals surface area contributed by atoms with Crippen molar-refractivity contribution in [3.63, 3.8) is 0 Å². The average molecular weight is 428 g/mol. The van der Waals surface area contributed by atoms with Crippen LogP contribution in [0.15, 0.2) is 79.0 Å². The second kappa shape index (κ2) is 8.24. The number of para-hydroxylation sites is 2. The molecule has 0 spiro atoms. The second-order valence-electron chi connectivity index (χ2n) is 7.16. The van der Waals surface area contributed by atoms with Gasteiger partial charge in [0.2, 0.25) is 5.91 Å². The molecule has 2 heterocycles. The Kier molecular flexibility index (Phi) is 5.14. The highest BCUT2D eigenvalue weighted by Crippen LogP contribution is 2.35. The lowest BCUT2D eigenvalue weighted by atomic mass is 10.1. The first-order valence-electron chi connectivity index (χ1n) is 10.2. The third kappa shape index (κ3) is 3.78. The van der Waals surface area contributed by atoms with Gasteiger partial charge >= 0.3 is 0 Å². The molecule has 0 unspecified atom stereocenters. The van der Waals surface area contributed by atoms with E-state index >= 15 is 0 Å². The Bertz CT molecular complexity index is 1320. The molecule has 3 aromatic carbocycles. The highest BCUT2D eigenvalue weighted by Gasteiger charge is 2.23. The number of nitrogens with zero attached hydrogens (tertiary/aromatic N) is 2. The second-order valence-corrected chi connectivity index (χ2v) is 8.17. The fraction of sp³-hybridized carbons (Fsp3) is 0.120. The third-order valence-electron chi connectivity index (χ3n) is 5.15. The molecule has 0 atom stereocenters. The number of thiazole rings is 1. The maximum absolute atomic E-state index is 13.6. The number of carbonyl (C=O) groups excluding carboxylic acids is 1. The minimum atomic E-state index is -0.0343. The zero-order valence-electron chi connectivity index (χ0n) is 17.0. The molecule has 2 aromatic heterocycles. The summed E-state index contributed by atoms with van der Waals surface area (Å²) in [6, 6.07) is 23.5. The lowest BCUT2D eigenvalue weighted by molar-refractivity contribution is -0.117. The van der Waals surface area contributed by atoms with E-state index in [2.05, 4.69) is 4.98 Å². The number of nitrogens with one attached hydrogen (secondary N) is 1. The fourth-order valence-corrected chi connectivity index (χ4v) is 4.70. The zero-order valence-corrected chi connectivity index (χ0v) is 17.9. The zero-order chi connectivity index (χ0) is 21.2. The lowest BCUT2D eigenvalue weighted by Gasteiger charge is -2.20. The van der Waals surface area contributed by atoms with Crippen LogP contribution in [-0.2, 0) is 11.2 Å². The number of fused-ring (bicyclic) bond motifs is 2. The number of benzene rings is 3. The van der Waals surface area contributed by atoms with Crippen molar-refractivity contribution in [3.05, 3.63) is 84.6 Å². The lowest BCUT2D eigenvalue weighted by Crippen LogP contribution is -2.27. The van der Waals surface area contributed by atoms with E-state index in [9.17, 15) is 4.79 Å². The highest BCUT2D eigenvalue weighted by molar-refractivity contribution is 7.22. The van der Waals surface area contributed by atoms with Crippen LogP contribution in [0.3, 0.4) is 0 Å². The summed E-state index contributed by atoms with van der Waals surface area (Å²) >= 11 is 1.51. The van der Waals surface area contributed by atoms with Crippen LogP contribution in [0.2, 0.25) is 0 Å². The van der Waals surface area contributed by atoms with E-state index in [1.165, 1.54) is 11.3 Å². The minimum absolute atomic E-state index is 0.0343. The first-order chi connectivity index (χ1) is 15.2. The number of rotatable bonds is 6. The molecule has 0 aliphatic rings. The summed E-state index contributed by atoms with van der Waals surface area (Å²) in [5.41, 5.74) is 3.65. The van der Waals surface area contributed by atoms with E-state index in [1.54, 1.807) is 4.90 Å². The number of H-pyrrole nitrogens is 1. The van der Waals surface area contributed by atoms with Gasteiger partial charge in [-0.05, 0) is 55.0 Å². The average Bonchev–Trinajstić information content (AvgIpc) is 3.39. The maximum atomic E-state index is 13.6. The first kappa shape index (κ1) is 19.3. The highest BCUT2D eigenvalue weighted by atomic mass is 32.1. The molecule has 5 nitrogen and oxygen atoms in total. The molecular weight excluding hydrogens is 406 g/mol. The predicted octanol–water partition coefficient (Wildman–Crippen LogP) is 6.08. The van der Waals surface area contributed by atoms with Crippen molar-refractivity contribution in [2.75, 3.05) is 11.5 Å². The van der Waals surface area contributed by atoms with Gasteiger partial charge in [0.25, 0.3) is 0 Å². The van der Waals surface area contributed by atoms with E-state index in [4.69, 9.17) is 9.72 Å². The van der Waals surface area contributed by atoms with Gasteiger partial charge in [0, 0.05) is 17.1 Å². The monoisotopic (exact) mass is 427 g/mol. The summed E-state index contributed by atoms with van der Waals surface area (Å²) < 4.78 is 6.62. The fourth-order valence-electron chi connectivity index (χ4n) is 3.69. The molecule has 1 N–H and O–H groups in total. The van der Waals surface area contributed by atoms with E-state index in [0.717, 1.165) is 38.1 Å². The van der Waals surface area contributed by atoms with Crippen LogP contribution in [0.25, 0.3) is 21.1 Å². The van der Waals surface area contributed by atoms with E-state index in [-0.39, 0.29) is 12.3 Å². The Morgan fingerprint density at radius 1 is 1.03 bits per heavy atom. The van der Waals surface area contributed by atoms with Crippen LogP contribution >= 0.6 is 11.3 Å². The molecule has 0 saturated heterocycles. The molecule has 5 rings (SSSR count). The SMILES string of the molecule is CCOc1ccc(N(C(=O)Cc2c[nH]c3ccccc23)c2nc3ccccc3s2)cc1. The molecule has 154 valence electrons. The molecule has 5 aromatic rings. The number of hydrogen-bond acceptors (Lipinski definition) is 4. The van der Waals surface area contributed by atoms with Crippen LogP contribution in [0.4, 0.5) is 10.8 Å². The molecule has 0 aliphatic carbocycles. The molecule has 0 fully saturated rings. The van der Waals surface area contributed by atoms with Gasteiger partial charge in [0.05, 0.1) is 28.9 Å². The van der Waals surface area contributed by atoms with Gasteiger partial charge < -0.3 is 9.72 Å². The van der Waals surface area contributed by atoms with Crippen molar-refractivity contribution in [1.29, 1.82) is 0 Å². The van der Waals surface area contributed by atoms with Gasteiger partial charge in [-0.3, -0.25) is 9.69 Å². The predicted molar refractivity (Wildman–Crippen MR) is 126 cm³/mol. The van der Waals surface area contributed by atoms with Crippen LogP contribution in [0.5, 0.6) is 5.75 Å². The summed E-state index contributed by atoms with van der Waals surface area (Å²) in [4.78, 5) is 23.3. The number of carbonyl (C=O) groups is 1. The maximum Gasteiger partial charge on any atom is 0.237 e. The molecule has 1 amide bonds. The minimum Gasteiger partial charge on any atom is -0.494 e. The molecule has 0 bridgehead atoms. The summed E-state index contributed by atoms with van der Waals surface area (Å²) in [5, 5.41) is 1.72. The van der Waals surface area contributed by atoms with E-state index in [0.29, 0.717) is 11.7 Å². The number of ether oxygens (including phenoxy) is 1. The normalized spacial score (nSPS) is 11.1. The first-order valence-corrected chi connectivity index (χ1v) is 11.0. The Labute approximate surface area is 183 Å². The topological polar surface area (TPSA) is 58.2 Å². The van der Waals surface area contributed by atoms with Gasteiger partial charge in [-0.15, -0.1) is 0 Å². The van der Waals surface area contributed by atoms with E-state index in [1.807, 2.05) is 85.9 Å². The molecule has 0 saturated carbocycles. The van der Waals surface area contributed by atoms with E-state index < -0.39 is 0 Å². The summed E-state index contributed by atoms with van der Waals surface area (Å²) in [7, 11) is 0. The quantitative estimate of drug-likeness (QED) is 0.357. The van der Waals surface area contributed by atoms with Crippen molar-refractivity contribution >= 4 is 49.2 Å². The molecule has 31 heavy (non-hydrogen) atoms. The van der Waals surface area contributed by atoms with Crippen molar-refractivity contribution in [3.8, 4) is 5.75 Å². The summed E-state index contributed by atoms with van der Waals surface area (Å²) in [5.74, 6) is 0.743. The number of hydrogen-bond donors (Lipinski definition) is 1. The number of anilines is 2. The van der Waals surface area contributed by atoms with Gasteiger partial charge in [0.15, 0.2) is 5.13 Å². The third-order valence-corrected chi connectivity index (χ3v) is 6.17. The van der Waals surface area contributed by atoms with Crippen LogP contribution in [0.1, 0.15) is 12.5 Å². The number of aromatic nitrogens is 2. The Hall–Kier alpha value is -3.64. The number of amides is 1. The summed E-state index contributed by atoms with van der Waals surface area (Å²) in [6.07, 6.45) is 2.18. The Morgan fingerprint density at radius 3 is 2.61 bits per heavy atom. The van der Waals surface area contributed by atoms with Crippen LogP contribution in [0, 0.1) is 0 Å². The summed E-state index contributed by atoms with van der Waals surface area (Å²) in [6.45, 7) is 2.55. The van der Waals surface area contributed by atoms with Gasteiger partial charge in [-0.2, -0.15) is 0 Å². The van der Waals surface area contributed by atoms with Crippen molar-refractivity contribution < 1.29 is 9.53 Å². The van der Waals surface area contributed by atoms with Crippen LogP contribution < -0.4 is 9.64 Å². The number of aromatic amines is 1. The van der Waals surface area contributed by atoms with Gasteiger partial charge in [-0.25, -0.2) is 4.98 Å². The largest absolute Gasteiger partial charge is 0.494 e. The Balaban J connectivity index is 1.54. The Morgan fingerprint density at radius 2 is 1.81 bits per heavy atom. The van der Waals surface area contributed by atoms with Crippen molar-refractivity contribution in [1.82, 2.24) is 9.97 Å². The standard InChI is InChI=1S/C25H21N3O2S/c1-2-30-19-13-11-18(12-14-19)28(25-27-22-9-5-6-10-23(22)31-25)24(29)15-17-16-26-21-8-4-3-7-20(17)21/h3-14,16,26H,2,15H2,1H3. The van der Waals surface area contributed by atoms with Gasteiger partial charge in [-0.1, -0.05) is 41.7 Å². The smallest absolute Gasteiger partial charge is 0.237 e. The molecule has 6 heteroatoms. The van der Waals surface area contributed by atoms with Crippen LogP contribution in [-0.4, -0.2) is 22.5 Å². The molecule has 0 aliphatic heterocycles. The molecule has 0 radical (unpaired) electrons. The molecular formula is C25H21N3O2S.